The average molecular weight is 412 g/mol. The van der Waals surface area contributed by atoms with Crippen LogP contribution in [0.15, 0.2) is 42.5 Å². The van der Waals surface area contributed by atoms with Crippen molar-refractivity contribution in [3.63, 3.8) is 0 Å². The minimum Gasteiger partial charge on any atom is -0.448 e. The lowest BCUT2D eigenvalue weighted by atomic mass is 10.1. The van der Waals surface area contributed by atoms with Crippen molar-refractivity contribution in [2.24, 2.45) is 0 Å². The van der Waals surface area contributed by atoms with Crippen molar-refractivity contribution in [2.45, 2.75) is 33.8 Å². The number of nitrogens with zero attached hydrogens (tertiary/aromatic N) is 1. The van der Waals surface area contributed by atoms with Crippen LogP contribution in [0.3, 0.4) is 0 Å². The molecule has 0 aliphatic carbocycles. The molecule has 1 N–H and O–H groups in total. The molecule has 2 aromatic carbocycles. The number of aromatic nitrogens is 1. The van der Waals surface area contributed by atoms with Crippen molar-refractivity contribution in [3.05, 3.63) is 70.0 Å². The number of thiazole rings is 1. The number of hydrogen-bond acceptors (Lipinski definition) is 5. The van der Waals surface area contributed by atoms with Crippen LogP contribution in [0.1, 0.15) is 33.4 Å². The summed E-state index contributed by atoms with van der Waals surface area (Å²) in [5.74, 6) is -1.37. The second-order valence-electron chi connectivity index (χ2n) is 6.80. The molecule has 5 nitrogen and oxygen atoms in total. The highest BCUT2D eigenvalue weighted by atomic mass is 32.1. The molecule has 0 unspecified atom stereocenters. The summed E-state index contributed by atoms with van der Waals surface area (Å²) in [6.07, 6.45) is -0.973. The highest BCUT2D eigenvalue weighted by molar-refractivity contribution is 7.17. The van der Waals surface area contributed by atoms with E-state index in [4.69, 9.17) is 4.74 Å². The number of ether oxygens (including phenoxy) is 1. The van der Waals surface area contributed by atoms with Crippen molar-refractivity contribution in [1.29, 1.82) is 0 Å². The molecule has 0 fully saturated rings. The molecule has 7 heteroatoms. The second-order valence-corrected chi connectivity index (χ2v) is 7.79. The fourth-order valence-electron chi connectivity index (χ4n) is 2.76. The van der Waals surface area contributed by atoms with E-state index in [0.29, 0.717) is 26.8 Å². The molecule has 0 aliphatic heterocycles. The van der Waals surface area contributed by atoms with Crippen LogP contribution in [-0.4, -0.2) is 23.0 Å². The van der Waals surface area contributed by atoms with Gasteiger partial charge in [0.15, 0.2) is 6.10 Å². The van der Waals surface area contributed by atoms with Gasteiger partial charge in [-0.1, -0.05) is 17.7 Å². The Hall–Kier alpha value is -3.06. The summed E-state index contributed by atoms with van der Waals surface area (Å²) in [5.41, 5.74) is 3.91. The number of benzene rings is 2. The number of carbonyl (C=O) groups excluding carboxylic acids is 2. The monoisotopic (exact) mass is 412 g/mol. The maximum absolute atomic E-state index is 13.1. The zero-order valence-electron chi connectivity index (χ0n) is 16.6. The minimum absolute atomic E-state index is 0.315. The fourth-order valence-corrected chi connectivity index (χ4v) is 3.71. The molecule has 3 aromatic rings. The van der Waals surface area contributed by atoms with Crippen molar-refractivity contribution in [3.8, 4) is 10.6 Å². The molecule has 0 saturated carbocycles. The van der Waals surface area contributed by atoms with Crippen LogP contribution in [0.25, 0.3) is 10.6 Å². The Balaban J connectivity index is 1.69. The van der Waals surface area contributed by atoms with Crippen molar-refractivity contribution in [1.82, 2.24) is 4.98 Å². The first-order chi connectivity index (χ1) is 13.7. The Morgan fingerprint density at radius 3 is 2.45 bits per heavy atom. The number of nitrogens with one attached hydrogen (secondary N) is 1. The van der Waals surface area contributed by atoms with Gasteiger partial charge in [0.2, 0.25) is 0 Å². The third-order valence-electron chi connectivity index (χ3n) is 4.37. The Labute approximate surface area is 172 Å². The van der Waals surface area contributed by atoms with Gasteiger partial charge >= 0.3 is 5.97 Å². The van der Waals surface area contributed by atoms with Crippen LogP contribution in [0.5, 0.6) is 0 Å². The van der Waals surface area contributed by atoms with Gasteiger partial charge in [-0.15, -0.1) is 11.3 Å². The molecule has 0 saturated heterocycles. The quantitative estimate of drug-likeness (QED) is 0.595. The van der Waals surface area contributed by atoms with E-state index in [1.54, 1.807) is 19.1 Å². The Morgan fingerprint density at radius 2 is 1.79 bits per heavy atom. The summed E-state index contributed by atoms with van der Waals surface area (Å²) in [5, 5.41) is 3.37. The second kappa shape index (κ2) is 8.53. The van der Waals surface area contributed by atoms with E-state index in [9.17, 15) is 14.0 Å². The van der Waals surface area contributed by atoms with E-state index < -0.39 is 18.0 Å². The maximum atomic E-state index is 13.1. The fraction of sp³-hybridized carbons (Fsp3) is 0.227. The number of amides is 1. The summed E-state index contributed by atoms with van der Waals surface area (Å²) in [6, 6.07) is 11.6. The minimum atomic E-state index is -0.973. The van der Waals surface area contributed by atoms with E-state index in [0.717, 1.165) is 22.5 Å². The molecule has 29 heavy (non-hydrogen) atoms. The molecule has 0 radical (unpaired) electrons. The molecule has 0 bridgehead atoms. The molecular weight excluding hydrogens is 391 g/mol. The SMILES string of the molecule is Cc1ccc(NC(=O)[C@@H](C)OC(=O)c2sc(-c3ccc(F)cc3)nc2C)c(C)c1. The predicted molar refractivity (Wildman–Crippen MR) is 112 cm³/mol. The molecule has 1 amide bonds. The van der Waals surface area contributed by atoms with Crippen molar-refractivity contribution < 1.29 is 18.7 Å². The smallest absolute Gasteiger partial charge is 0.351 e. The van der Waals surface area contributed by atoms with Crippen LogP contribution in [0, 0.1) is 26.6 Å². The molecule has 0 aliphatic rings. The standard InChI is InChI=1S/C22H21FN2O3S/c1-12-5-10-18(13(2)11-12)25-20(26)15(4)28-22(27)19-14(3)24-21(29-19)16-6-8-17(23)9-7-16/h5-11,15H,1-4H3,(H,25,26)/t15-/m1/s1. The predicted octanol–water partition coefficient (Wildman–Crippen LogP) is 5.06. The lowest BCUT2D eigenvalue weighted by molar-refractivity contribution is -0.123. The first-order valence-electron chi connectivity index (χ1n) is 9.07. The Morgan fingerprint density at radius 1 is 1.10 bits per heavy atom. The molecule has 3 rings (SSSR count). The summed E-state index contributed by atoms with van der Waals surface area (Å²) in [7, 11) is 0. The van der Waals surface area contributed by atoms with Crippen LogP contribution >= 0.6 is 11.3 Å². The van der Waals surface area contributed by atoms with Crippen LogP contribution in [0.4, 0.5) is 10.1 Å². The molecule has 1 heterocycles. The zero-order valence-corrected chi connectivity index (χ0v) is 17.4. The number of esters is 1. The molecular formula is C22H21FN2O3S. The van der Waals surface area contributed by atoms with Gasteiger partial charge in [0.05, 0.1) is 5.69 Å². The largest absolute Gasteiger partial charge is 0.448 e. The molecule has 0 spiro atoms. The van der Waals surface area contributed by atoms with Crippen LogP contribution in [0.2, 0.25) is 0 Å². The molecule has 150 valence electrons. The van der Waals surface area contributed by atoms with E-state index in [1.807, 2.05) is 32.0 Å². The topological polar surface area (TPSA) is 68.3 Å². The van der Waals surface area contributed by atoms with Gasteiger partial charge in [-0.05, 0) is 63.6 Å². The third-order valence-corrected chi connectivity index (χ3v) is 5.55. The van der Waals surface area contributed by atoms with Gasteiger partial charge in [-0.3, -0.25) is 4.79 Å². The number of carbonyl (C=O) groups is 2. The summed E-state index contributed by atoms with van der Waals surface area (Å²) in [4.78, 5) is 29.7. The normalized spacial score (nSPS) is 11.8. The lowest BCUT2D eigenvalue weighted by Crippen LogP contribution is -2.30. The van der Waals surface area contributed by atoms with Gasteiger partial charge in [-0.25, -0.2) is 14.2 Å². The maximum Gasteiger partial charge on any atom is 0.351 e. The van der Waals surface area contributed by atoms with Crippen LogP contribution in [-0.2, 0) is 9.53 Å². The first kappa shape index (κ1) is 20.7. The van der Waals surface area contributed by atoms with E-state index in [1.165, 1.54) is 19.1 Å². The summed E-state index contributed by atoms with van der Waals surface area (Å²) >= 11 is 1.15. The third kappa shape index (κ3) is 4.86. The van der Waals surface area contributed by atoms with Gasteiger partial charge < -0.3 is 10.1 Å². The Bertz CT molecular complexity index is 1060. The highest BCUT2D eigenvalue weighted by Crippen LogP contribution is 2.29. The number of anilines is 1. The van der Waals surface area contributed by atoms with Gasteiger partial charge in [-0.2, -0.15) is 0 Å². The first-order valence-corrected chi connectivity index (χ1v) is 9.88. The van der Waals surface area contributed by atoms with Gasteiger partial charge in [0.1, 0.15) is 15.7 Å². The zero-order chi connectivity index (χ0) is 21.1. The van der Waals surface area contributed by atoms with Gasteiger partial charge in [0.25, 0.3) is 5.91 Å². The van der Waals surface area contributed by atoms with E-state index in [-0.39, 0.29) is 5.82 Å². The number of rotatable bonds is 5. The lowest BCUT2D eigenvalue weighted by Gasteiger charge is -2.14. The van der Waals surface area contributed by atoms with Crippen molar-refractivity contribution in [2.75, 3.05) is 5.32 Å². The Kier molecular flexibility index (Phi) is 6.08. The van der Waals surface area contributed by atoms with Crippen molar-refractivity contribution >= 4 is 28.9 Å². The van der Waals surface area contributed by atoms with E-state index >= 15 is 0 Å². The van der Waals surface area contributed by atoms with E-state index in [2.05, 4.69) is 10.3 Å². The average Bonchev–Trinajstić information content (AvgIpc) is 3.06. The number of halogens is 1. The summed E-state index contributed by atoms with van der Waals surface area (Å²) < 4.78 is 18.4. The molecule has 1 aromatic heterocycles. The number of aryl methyl sites for hydroxylation is 3. The molecule has 1 atom stereocenters. The van der Waals surface area contributed by atoms with Gasteiger partial charge in [0, 0.05) is 11.3 Å². The number of hydrogen-bond donors (Lipinski definition) is 1. The summed E-state index contributed by atoms with van der Waals surface area (Å²) in [6.45, 7) is 7.09. The highest BCUT2D eigenvalue weighted by Gasteiger charge is 2.23. The van der Waals surface area contributed by atoms with Crippen LogP contribution < -0.4 is 5.32 Å².